The predicted octanol–water partition coefficient (Wildman–Crippen LogP) is 4.79. The van der Waals surface area contributed by atoms with Gasteiger partial charge < -0.3 is 15.2 Å². The number of carbonyl (C=O) groups excluding carboxylic acids is 1. The minimum absolute atomic E-state index is 0.0175. The van der Waals surface area contributed by atoms with Gasteiger partial charge in [-0.1, -0.05) is 48.5 Å². The van der Waals surface area contributed by atoms with Crippen LogP contribution in [0.5, 0.6) is 5.75 Å². The van der Waals surface area contributed by atoms with E-state index in [1.54, 1.807) is 24.3 Å². The van der Waals surface area contributed by atoms with Gasteiger partial charge in [-0.05, 0) is 69.6 Å². The van der Waals surface area contributed by atoms with E-state index in [0.29, 0.717) is 17.9 Å². The number of benzene rings is 3. The van der Waals surface area contributed by atoms with Gasteiger partial charge in [0.1, 0.15) is 24.0 Å². The molecule has 32 heavy (non-hydrogen) atoms. The van der Waals surface area contributed by atoms with Crippen LogP contribution in [0.1, 0.15) is 27.0 Å². The van der Waals surface area contributed by atoms with E-state index in [1.165, 1.54) is 18.2 Å². The molecule has 2 N–H and O–H groups in total. The highest BCUT2D eigenvalue weighted by atomic mass is 127. The van der Waals surface area contributed by atoms with Crippen LogP contribution >= 0.6 is 22.6 Å². The Kier molecular flexibility index (Phi) is 8.00. The first-order valence-corrected chi connectivity index (χ1v) is 10.7. The number of aromatic carboxylic acids is 1. The Balaban J connectivity index is 1.63. The fourth-order valence-electron chi connectivity index (χ4n) is 2.82. The smallest absolute Gasteiger partial charge is 0.335 e. The molecule has 0 aliphatic heterocycles. The highest BCUT2D eigenvalue weighted by Crippen LogP contribution is 2.24. The second-order valence-corrected chi connectivity index (χ2v) is 7.98. The molecule has 1 amide bonds. The van der Waals surface area contributed by atoms with E-state index >= 15 is 0 Å². The van der Waals surface area contributed by atoms with Crippen molar-refractivity contribution in [3.8, 4) is 11.8 Å². The van der Waals surface area contributed by atoms with Gasteiger partial charge in [-0.15, -0.1) is 0 Å². The van der Waals surface area contributed by atoms with Crippen LogP contribution in [0.2, 0.25) is 0 Å². The maximum atomic E-state index is 12.4. The number of nitrogens with zero attached hydrogens (tertiary/aromatic N) is 1. The highest BCUT2D eigenvalue weighted by molar-refractivity contribution is 14.1. The Morgan fingerprint density at radius 3 is 2.38 bits per heavy atom. The zero-order valence-electron chi connectivity index (χ0n) is 16.9. The zero-order valence-corrected chi connectivity index (χ0v) is 19.1. The lowest BCUT2D eigenvalue weighted by Gasteiger charge is -2.10. The molecule has 3 rings (SSSR count). The van der Waals surface area contributed by atoms with Crippen LogP contribution in [0.15, 0.2) is 78.4 Å². The molecule has 3 aromatic carbocycles. The van der Waals surface area contributed by atoms with E-state index < -0.39 is 11.9 Å². The summed E-state index contributed by atoms with van der Waals surface area (Å²) in [7, 11) is 0. The summed E-state index contributed by atoms with van der Waals surface area (Å²) in [5.74, 6) is -0.755. The molecule has 0 spiro atoms. The SMILES string of the molecule is N#C/C(=C/c1ccc(OCc2ccc(C(=O)O)cc2)c(I)c1)C(=O)NCc1ccccc1. The van der Waals surface area contributed by atoms with Crippen LogP contribution in [0.3, 0.4) is 0 Å². The molecule has 0 saturated carbocycles. The topological polar surface area (TPSA) is 99.4 Å². The number of hydrogen-bond acceptors (Lipinski definition) is 4. The van der Waals surface area contributed by atoms with E-state index in [1.807, 2.05) is 42.5 Å². The minimum Gasteiger partial charge on any atom is -0.488 e. The van der Waals surface area contributed by atoms with Crippen LogP contribution in [0.4, 0.5) is 0 Å². The van der Waals surface area contributed by atoms with Gasteiger partial charge in [-0.25, -0.2) is 4.79 Å². The number of rotatable bonds is 8. The third-order valence-corrected chi connectivity index (χ3v) is 5.37. The Morgan fingerprint density at radius 2 is 1.75 bits per heavy atom. The summed E-state index contributed by atoms with van der Waals surface area (Å²) in [5.41, 5.74) is 2.74. The number of nitriles is 1. The second kappa shape index (κ2) is 11.1. The molecule has 3 aromatic rings. The molecule has 0 bridgehead atoms. The third-order valence-electron chi connectivity index (χ3n) is 4.52. The van der Waals surface area contributed by atoms with Gasteiger partial charge in [0.15, 0.2) is 0 Å². The van der Waals surface area contributed by atoms with E-state index in [0.717, 1.165) is 14.7 Å². The molecular weight excluding hydrogens is 519 g/mol. The monoisotopic (exact) mass is 538 g/mol. The largest absolute Gasteiger partial charge is 0.488 e. The van der Waals surface area contributed by atoms with Gasteiger partial charge in [0, 0.05) is 6.54 Å². The van der Waals surface area contributed by atoms with Crippen LogP contribution in [-0.4, -0.2) is 17.0 Å². The van der Waals surface area contributed by atoms with E-state index in [2.05, 4.69) is 27.9 Å². The van der Waals surface area contributed by atoms with Crippen molar-refractivity contribution >= 4 is 40.5 Å². The molecule has 0 aliphatic carbocycles. The summed E-state index contributed by atoms with van der Waals surface area (Å²) >= 11 is 2.13. The molecule has 0 atom stereocenters. The first-order valence-electron chi connectivity index (χ1n) is 9.65. The van der Waals surface area contributed by atoms with E-state index in [4.69, 9.17) is 9.84 Å². The van der Waals surface area contributed by atoms with Crippen molar-refractivity contribution in [2.75, 3.05) is 0 Å². The number of hydrogen-bond donors (Lipinski definition) is 2. The standard InChI is InChI=1S/C25H19IN2O4/c26-22-13-19(12-21(14-27)24(29)28-15-17-4-2-1-3-5-17)8-11-23(22)32-16-18-6-9-20(10-7-18)25(30)31/h1-13H,15-16H2,(H,28,29)(H,30,31)/b21-12-. The molecule has 0 aliphatic rings. The van der Waals surface area contributed by atoms with Gasteiger partial charge in [0.2, 0.25) is 0 Å². The fraction of sp³-hybridized carbons (Fsp3) is 0.0800. The van der Waals surface area contributed by atoms with Crippen molar-refractivity contribution in [2.24, 2.45) is 0 Å². The maximum absolute atomic E-state index is 12.4. The number of amides is 1. The van der Waals surface area contributed by atoms with Gasteiger partial charge >= 0.3 is 5.97 Å². The molecule has 0 heterocycles. The summed E-state index contributed by atoms with van der Waals surface area (Å²) in [6.07, 6.45) is 1.54. The average molecular weight is 538 g/mol. The molecule has 0 unspecified atom stereocenters. The lowest BCUT2D eigenvalue weighted by Crippen LogP contribution is -2.23. The number of carbonyl (C=O) groups is 2. The van der Waals surface area contributed by atoms with Crippen molar-refractivity contribution in [2.45, 2.75) is 13.2 Å². The van der Waals surface area contributed by atoms with Crippen LogP contribution in [0, 0.1) is 14.9 Å². The summed E-state index contributed by atoms with van der Waals surface area (Å²) in [5, 5.41) is 21.1. The summed E-state index contributed by atoms with van der Waals surface area (Å²) < 4.78 is 6.64. The quantitative estimate of drug-likeness (QED) is 0.244. The Labute approximate surface area is 199 Å². The normalized spacial score (nSPS) is 10.8. The molecule has 0 radical (unpaired) electrons. The number of carboxylic acids is 1. The second-order valence-electron chi connectivity index (χ2n) is 6.82. The molecular formula is C25H19IN2O4. The van der Waals surface area contributed by atoms with Gasteiger partial charge in [0.05, 0.1) is 9.13 Å². The highest BCUT2D eigenvalue weighted by Gasteiger charge is 2.10. The Bertz CT molecular complexity index is 1180. The maximum Gasteiger partial charge on any atom is 0.335 e. The number of ether oxygens (including phenoxy) is 1. The molecule has 160 valence electrons. The average Bonchev–Trinajstić information content (AvgIpc) is 2.81. The van der Waals surface area contributed by atoms with Gasteiger partial charge in [-0.2, -0.15) is 5.26 Å². The van der Waals surface area contributed by atoms with Crippen molar-refractivity contribution in [1.82, 2.24) is 5.32 Å². The summed E-state index contributed by atoms with van der Waals surface area (Å²) in [6, 6.07) is 23.3. The van der Waals surface area contributed by atoms with Gasteiger partial charge in [-0.3, -0.25) is 4.79 Å². The lowest BCUT2D eigenvalue weighted by molar-refractivity contribution is -0.117. The summed E-state index contributed by atoms with van der Waals surface area (Å²) in [6.45, 7) is 0.632. The van der Waals surface area contributed by atoms with Crippen molar-refractivity contribution in [3.63, 3.8) is 0 Å². The Morgan fingerprint density at radius 1 is 1.03 bits per heavy atom. The molecule has 0 aromatic heterocycles. The van der Waals surface area contributed by atoms with E-state index in [9.17, 15) is 14.9 Å². The van der Waals surface area contributed by atoms with Crippen molar-refractivity contribution < 1.29 is 19.4 Å². The predicted molar refractivity (Wildman–Crippen MR) is 129 cm³/mol. The fourth-order valence-corrected chi connectivity index (χ4v) is 3.51. The van der Waals surface area contributed by atoms with Crippen LogP contribution in [-0.2, 0) is 17.9 Å². The summed E-state index contributed by atoms with van der Waals surface area (Å²) in [4.78, 5) is 23.3. The third kappa shape index (κ3) is 6.43. The minimum atomic E-state index is -0.971. The Hall–Kier alpha value is -3.64. The number of nitrogens with one attached hydrogen (secondary N) is 1. The number of carboxylic acid groups (broad SMARTS) is 1. The first kappa shape index (κ1) is 23.0. The van der Waals surface area contributed by atoms with E-state index in [-0.39, 0.29) is 17.7 Å². The molecule has 6 nitrogen and oxygen atoms in total. The zero-order chi connectivity index (χ0) is 22.9. The lowest BCUT2D eigenvalue weighted by atomic mass is 10.1. The first-order chi connectivity index (χ1) is 15.5. The van der Waals surface area contributed by atoms with Crippen molar-refractivity contribution in [3.05, 3.63) is 104 Å². The molecule has 7 heteroatoms. The van der Waals surface area contributed by atoms with Crippen LogP contribution in [0.25, 0.3) is 6.08 Å². The van der Waals surface area contributed by atoms with Crippen molar-refractivity contribution in [1.29, 1.82) is 5.26 Å². The molecule has 0 fully saturated rings. The van der Waals surface area contributed by atoms with Crippen LogP contribution < -0.4 is 10.1 Å². The molecule has 0 saturated heterocycles. The van der Waals surface area contributed by atoms with Gasteiger partial charge in [0.25, 0.3) is 5.91 Å². The number of halogens is 1.